The van der Waals surface area contributed by atoms with Gasteiger partial charge in [-0.15, -0.1) is 0 Å². The van der Waals surface area contributed by atoms with Gasteiger partial charge in [0.25, 0.3) is 0 Å². The maximum absolute atomic E-state index is 11.8. The van der Waals surface area contributed by atoms with Gasteiger partial charge in [-0.1, -0.05) is 0 Å². The molecular weight excluding hydrogens is 192 g/mol. The molecule has 2 N–H and O–H groups in total. The topological polar surface area (TPSA) is 54.3 Å². The van der Waals surface area contributed by atoms with Crippen molar-refractivity contribution in [3.05, 3.63) is 24.2 Å². The van der Waals surface area contributed by atoms with Gasteiger partial charge in [-0.05, 0) is 40.0 Å². The van der Waals surface area contributed by atoms with Gasteiger partial charge in [-0.3, -0.25) is 4.79 Å². The van der Waals surface area contributed by atoms with Crippen LogP contribution in [0.1, 0.15) is 32.6 Å². The van der Waals surface area contributed by atoms with Gasteiger partial charge in [0.05, 0.1) is 17.8 Å². The van der Waals surface area contributed by atoms with Crippen molar-refractivity contribution < 1.29 is 9.21 Å². The number of likely N-dealkylation sites (N-methyl/N-ethyl adjacent to an activating group) is 1. The van der Waals surface area contributed by atoms with Gasteiger partial charge in [0.2, 0.25) is 5.91 Å². The van der Waals surface area contributed by atoms with E-state index < -0.39 is 5.54 Å². The second-order valence-electron chi connectivity index (χ2n) is 4.09. The predicted octanol–water partition coefficient (Wildman–Crippen LogP) is 1.45. The lowest BCUT2D eigenvalue weighted by Crippen LogP contribution is -2.51. The van der Waals surface area contributed by atoms with Crippen LogP contribution < -0.4 is 10.6 Å². The van der Waals surface area contributed by atoms with Crippen molar-refractivity contribution in [3.63, 3.8) is 0 Å². The first-order valence-electron chi connectivity index (χ1n) is 5.00. The molecule has 4 nitrogen and oxygen atoms in total. The molecule has 0 saturated heterocycles. The molecule has 0 unspecified atom stereocenters. The SMILES string of the molecule is CNC(C)(C)C(=O)N[C@H](C)c1ccco1. The smallest absolute Gasteiger partial charge is 0.240 e. The molecule has 0 aliphatic heterocycles. The van der Waals surface area contributed by atoms with Crippen molar-refractivity contribution in [2.24, 2.45) is 0 Å². The Morgan fingerprint density at radius 2 is 2.20 bits per heavy atom. The zero-order valence-electron chi connectivity index (χ0n) is 9.63. The number of furan rings is 1. The van der Waals surface area contributed by atoms with Gasteiger partial charge in [-0.25, -0.2) is 0 Å². The summed E-state index contributed by atoms with van der Waals surface area (Å²) >= 11 is 0. The first-order chi connectivity index (χ1) is 6.97. The second kappa shape index (κ2) is 4.49. The number of rotatable bonds is 4. The standard InChI is InChI=1S/C11H18N2O2/c1-8(9-6-5-7-15-9)13-10(14)11(2,3)12-4/h5-8,12H,1-4H3,(H,13,14)/t8-/m1/s1. The number of nitrogens with one attached hydrogen (secondary N) is 2. The van der Waals surface area contributed by atoms with E-state index in [1.165, 1.54) is 0 Å². The summed E-state index contributed by atoms with van der Waals surface area (Å²) in [4.78, 5) is 11.8. The van der Waals surface area contributed by atoms with Crippen LogP contribution in [0.5, 0.6) is 0 Å². The number of hydrogen-bond acceptors (Lipinski definition) is 3. The van der Waals surface area contributed by atoms with Crippen molar-refractivity contribution in [1.29, 1.82) is 0 Å². The lowest BCUT2D eigenvalue weighted by Gasteiger charge is -2.24. The molecule has 0 aliphatic carbocycles. The van der Waals surface area contributed by atoms with Crippen molar-refractivity contribution in [2.45, 2.75) is 32.4 Å². The molecule has 84 valence electrons. The summed E-state index contributed by atoms with van der Waals surface area (Å²) in [6, 6.07) is 3.54. The van der Waals surface area contributed by atoms with E-state index in [0.717, 1.165) is 5.76 Å². The highest BCUT2D eigenvalue weighted by atomic mass is 16.3. The zero-order valence-corrected chi connectivity index (χ0v) is 9.63. The predicted molar refractivity (Wildman–Crippen MR) is 58.4 cm³/mol. The molecule has 1 aromatic rings. The van der Waals surface area contributed by atoms with E-state index in [0.29, 0.717) is 0 Å². The van der Waals surface area contributed by atoms with Gasteiger partial charge in [0.1, 0.15) is 5.76 Å². The van der Waals surface area contributed by atoms with Gasteiger partial charge < -0.3 is 15.1 Å². The summed E-state index contributed by atoms with van der Waals surface area (Å²) in [5, 5.41) is 5.83. The van der Waals surface area contributed by atoms with E-state index in [2.05, 4.69) is 10.6 Å². The normalized spacial score (nSPS) is 13.6. The molecule has 0 saturated carbocycles. The number of amides is 1. The summed E-state index contributed by atoms with van der Waals surface area (Å²) in [5.41, 5.74) is -0.569. The minimum atomic E-state index is -0.569. The Kier molecular flexibility index (Phi) is 3.52. The quantitative estimate of drug-likeness (QED) is 0.791. The molecule has 0 fully saturated rings. The van der Waals surface area contributed by atoms with Crippen LogP contribution in [-0.4, -0.2) is 18.5 Å². The second-order valence-corrected chi connectivity index (χ2v) is 4.09. The number of carbonyl (C=O) groups is 1. The highest BCUT2D eigenvalue weighted by Gasteiger charge is 2.26. The third-order valence-electron chi connectivity index (χ3n) is 2.51. The van der Waals surface area contributed by atoms with E-state index in [1.54, 1.807) is 19.4 Å². The lowest BCUT2D eigenvalue weighted by molar-refractivity contribution is -0.127. The van der Waals surface area contributed by atoms with Gasteiger partial charge in [0, 0.05) is 0 Å². The molecule has 0 spiro atoms. The Bertz CT molecular complexity index is 317. The summed E-state index contributed by atoms with van der Waals surface area (Å²) in [5.74, 6) is 0.712. The van der Waals surface area contributed by atoms with E-state index in [9.17, 15) is 4.79 Å². The molecule has 0 aromatic carbocycles. The van der Waals surface area contributed by atoms with E-state index in [4.69, 9.17) is 4.42 Å². The van der Waals surface area contributed by atoms with Crippen LogP contribution in [0.3, 0.4) is 0 Å². The molecule has 4 heteroatoms. The van der Waals surface area contributed by atoms with Crippen LogP contribution in [-0.2, 0) is 4.79 Å². The molecule has 1 amide bonds. The third kappa shape index (κ3) is 2.83. The van der Waals surface area contributed by atoms with Crippen LogP contribution in [0.2, 0.25) is 0 Å². The fraction of sp³-hybridized carbons (Fsp3) is 0.545. The summed E-state index contributed by atoms with van der Waals surface area (Å²) < 4.78 is 5.21. The largest absolute Gasteiger partial charge is 0.467 e. The Morgan fingerprint density at radius 1 is 1.53 bits per heavy atom. The zero-order chi connectivity index (χ0) is 11.5. The van der Waals surface area contributed by atoms with Crippen molar-refractivity contribution >= 4 is 5.91 Å². The van der Waals surface area contributed by atoms with Gasteiger partial charge >= 0.3 is 0 Å². The molecule has 0 aliphatic rings. The van der Waals surface area contributed by atoms with E-state index in [-0.39, 0.29) is 11.9 Å². The fourth-order valence-corrected chi connectivity index (χ4v) is 1.10. The Balaban J connectivity index is 2.60. The Labute approximate surface area is 90.0 Å². The molecule has 1 atom stereocenters. The third-order valence-corrected chi connectivity index (χ3v) is 2.51. The number of carbonyl (C=O) groups excluding carboxylic acids is 1. The lowest BCUT2D eigenvalue weighted by atomic mass is 10.0. The monoisotopic (exact) mass is 210 g/mol. The maximum atomic E-state index is 11.8. The van der Waals surface area contributed by atoms with Crippen LogP contribution >= 0.6 is 0 Å². The molecule has 0 bridgehead atoms. The Hall–Kier alpha value is -1.29. The average Bonchev–Trinajstić information content (AvgIpc) is 2.70. The summed E-state index contributed by atoms with van der Waals surface area (Å²) in [7, 11) is 1.76. The van der Waals surface area contributed by atoms with Crippen LogP contribution in [0, 0.1) is 0 Å². The minimum absolute atomic E-state index is 0.0473. The van der Waals surface area contributed by atoms with E-state index in [1.807, 2.05) is 26.8 Å². The van der Waals surface area contributed by atoms with Gasteiger partial charge in [-0.2, -0.15) is 0 Å². The summed E-state index contributed by atoms with van der Waals surface area (Å²) in [6.45, 7) is 5.55. The number of hydrogen-bond donors (Lipinski definition) is 2. The van der Waals surface area contributed by atoms with E-state index >= 15 is 0 Å². The van der Waals surface area contributed by atoms with Crippen LogP contribution in [0.25, 0.3) is 0 Å². The maximum Gasteiger partial charge on any atom is 0.240 e. The molecular formula is C11H18N2O2. The fourth-order valence-electron chi connectivity index (χ4n) is 1.10. The van der Waals surface area contributed by atoms with Crippen molar-refractivity contribution in [3.8, 4) is 0 Å². The molecule has 1 rings (SSSR count). The minimum Gasteiger partial charge on any atom is -0.467 e. The Morgan fingerprint density at radius 3 is 2.67 bits per heavy atom. The van der Waals surface area contributed by atoms with Crippen LogP contribution in [0.15, 0.2) is 22.8 Å². The molecule has 1 heterocycles. The van der Waals surface area contributed by atoms with Crippen molar-refractivity contribution in [2.75, 3.05) is 7.05 Å². The average molecular weight is 210 g/mol. The van der Waals surface area contributed by atoms with Crippen molar-refractivity contribution in [1.82, 2.24) is 10.6 Å². The molecule has 1 aromatic heterocycles. The van der Waals surface area contributed by atoms with Crippen LogP contribution in [0.4, 0.5) is 0 Å². The highest BCUT2D eigenvalue weighted by Crippen LogP contribution is 2.13. The highest BCUT2D eigenvalue weighted by molar-refractivity contribution is 5.85. The first kappa shape index (κ1) is 11.8. The first-order valence-corrected chi connectivity index (χ1v) is 5.00. The molecule has 15 heavy (non-hydrogen) atoms. The van der Waals surface area contributed by atoms with Gasteiger partial charge in [0.15, 0.2) is 0 Å². The molecule has 0 radical (unpaired) electrons. The summed E-state index contributed by atoms with van der Waals surface area (Å²) in [6.07, 6.45) is 1.60.